The van der Waals surface area contributed by atoms with Crippen LogP contribution in [0.15, 0.2) is 6.07 Å². The van der Waals surface area contributed by atoms with E-state index >= 15 is 0 Å². The van der Waals surface area contributed by atoms with Crippen molar-refractivity contribution in [3.8, 4) is 0 Å². The molecule has 0 spiro atoms. The standard InChI is InChI=1S/C13H18Cl2OS/c1-8(7-13(2,3)4)5-10(16)9-6-11(14)17-12(9)15/h6,8H,5,7H2,1-4H3. The van der Waals surface area contributed by atoms with Gasteiger partial charge >= 0.3 is 0 Å². The fourth-order valence-electron chi connectivity index (χ4n) is 2.07. The quantitative estimate of drug-likeness (QED) is 0.651. The molecule has 0 aliphatic rings. The second kappa shape index (κ2) is 5.73. The Labute approximate surface area is 117 Å². The lowest BCUT2D eigenvalue weighted by Gasteiger charge is -2.22. The van der Waals surface area contributed by atoms with Crippen molar-refractivity contribution in [2.24, 2.45) is 11.3 Å². The van der Waals surface area contributed by atoms with Gasteiger partial charge in [0.05, 0.1) is 4.34 Å². The molecule has 1 rings (SSSR count). The normalized spacial score (nSPS) is 13.8. The van der Waals surface area contributed by atoms with Crippen molar-refractivity contribution < 1.29 is 4.79 Å². The van der Waals surface area contributed by atoms with Gasteiger partial charge in [-0.3, -0.25) is 4.79 Å². The van der Waals surface area contributed by atoms with Crippen LogP contribution >= 0.6 is 34.5 Å². The zero-order valence-corrected chi connectivity index (χ0v) is 13.0. The number of thiophene rings is 1. The molecular formula is C13H18Cl2OS. The third kappa shape index (κ3) is 4.99. The molecule has 0 aliphatic carbocycles. The zero-order chi connectivity index (χ0) is 13.2. The highest BCUT2D eigenvalue weighted by atomic mass is 35.5. The highest BCUT2D eigenvalue weighted by Gasteiger charge is 2.20. The molecular weight excluding hydrogens is 275 g/mol. The van der Waals surface area contributed by atoms with E-state index in [0.29, 0.717) is 26.6 Å². The summed E-state index contributed by atoms with van der Waals surface area (Å²) in [6, 6.07) is 1.67. The van der Waals surface area contributed by atoms with Crippen molar-refractivity contribution in [2.75, 3.05) is 0 Å². The Morgan fingerprint density at radius 2 is 2.00 bits per heavy atom. The molecule has 1 nitrogen and oxygen atoms in total. The first kappa shape index (κ1) is 15.0. The summed E-state index contributed by atoms with van der Waals surface area (Å²) in [5, 5.41) is 0. The number of hydrogen-bond acceptors (Lipinski definition) is 2. The van der Waals surface area contributed by atoms with Crippen molar-refractivity contribution in [1.29, 1.82) is 0 Å². The second-order valence-electron chi connectivity index (χ2n) is 5.74. The first-order valence-corrected chi connectivity index (χ1v) is 7.24. The Bertz CT molecular complexity index is 404. The largest absolute Gasteiger partial charge is 0.294 e. The Kier molecular flexibility index (Phi) is 5.06. The van der Waals surface area contributed by atoms with Crippen molar-refractivity contribution in [3.63, 3.8) is 0 Å². The minimum absolute atomic E-state index is 0.0925. The maximum atomic E-state index is 12.0. The summed E-state index contributed by atoms with van der Waals surface area (Å²) >= 11 is 13.1. The van der Waals surface area contributed by atoms with Gasteiger partial charge in [-0.2, -0.15) is 0 Å². The lowest BCUT2D eigenvalue weighted by atomic mass is 9.83. The number of rotatable bonds is 4. The van der Waals surface area contributed by atoms with E-state index < -0.39 is 0 Å². The van der Waals surface area contributed by atoms with Gasteiger partial charge < -0.3 is 0 Å². The highest BCUT2D eigenvalue weighted by Crippen LogP contribution is 2.33. The summed E-state index contributed by atoms with van der Waals surface area (Å²) in [6.45, 7) is 8.65. The van der Waals surface area contributed by atoms with E-state index in [9.17, 15) is 4.79 Å². The summed E-state index contributed by atoms with van der Waals surface area (Å²) < 4.78 is 1.07. The predicted octanol–water partition coefficient (Wildman–Crippen LogP) is 5.70. The number of halogens is 2. The molecule has 4 heteroatoms. The van der Waals surface area contributed by atoms with E-state index in [0.717, 1.165) is 6.42 Å². The molecule has 0 aliphatic heterocycles. The Balaban J connectivity index is 2.64. The van der Waals surface area contributed by atoms with Crippen molar-refractivity contribution in [1.82, 2.24) is 0 Å². The fraction of sp³-hybridized carbons (Fsp3) is 0.615. The SMILES string of the molecule is CC(CC(=O)c1cc(Cl)sc1Cl)CC(C)(C)C. The minimum Gasteiger partial charge on any atom is -0.294 e. The minimum atomic E-state index is 0.0925. The molecule has 1 atom stereocenters. The first-order chi connectivity index (χ1) is 7.69. The molecule has 1 aromatic heterocycles. The summed E-state index contributed by atoms with van der Waals surface area (Å²) in [5.74, 6) is 0.451. The third-order valence-corrected chi connectivity index (χ3v) is 3.94. The molecule has 1 heterocycles. The molecule has 0 amide bonds. The van der Waals surface area contributed by atoms with Gasteiger partial charge in [0.25, 0.3) is 0 Å². The molecule has 1 unspecified atom stereocenters. The van der Waals surface area contributed by atoms with E-state index in [2.05, 4.69) is 27.7 Å². The highest BCUT2D eigenvalue weighted by molar-refractivity contribution is 7.20. The van der Waals surface area contributed by atoms with Crippen LogP contribution in [0.2, 0.25) is 8.67 Å². The maximum Gasteiger partial charge on any atom is 0.165 e. The molecule has 0 N–H and O–H groups in total. The van der Waals surface area contributed by atoms with Crippen molar-refractivity contribution in [2.45, 2.75) is 40.5 Å². The molecule has 0 aromatic carbocycles. The van der Waals surface area contributed by atoms with Crippen molar-refractivity contribution in [3.05, 3.63) is 20.3 Å². The van der Waals surface area contributed by atoms with Gasteiger partial charge in [0.15, 0.2) is 5.78 Å². The smallest absolute Gasteiger partial charge is 0.165 e. The topological polar surface area (TPSA) is 17.1 Å². The number of ketones is 1. The van der Waals surface area contributed by atoms with Crippen LogP contribution in [0.5, 0.6) is 0 Å². The predicted molar refractivity (Wildman–Crippen MR) is 76.5 cm³/mol. The van der Waals surface area contributed by atoms with Gasteiger partial charge in [0.2, 0.25) is 0 Å². The van der Waals surface area contributed by atoms with Crippen LogP contribution in [0.1, 0.15) is 50.9 Å². The second-order valence-corrected chi connectivity index (χ2v) is 8.02. The Morgan fingerprint density at radius 3 is 2.41 bits per heavy atom. The molecule has 0 saturated carbocycles. The van der Waals surface area contributed by atoms with Crippen LogP contribution in [-0.2, 0) is 0 Å². The van der Waals surface area contributed by atoms with Crippen LogP contribution in [0.25, 0.3) is 0 Å². The Hall–Kier alpha value is -0.0500. The molecule has 0 saturated heterocycles. The van der Waals surface area contributed by atoms with Crippen LogP contribution in [-0.4, -0.2) is 5.78 Å². The lowest BCUT2D eigenvalue weighted by Crippen LogP contribution is -2.14. The third-order valence-electron chi connectivity index (χ3n) is 2.45. The Morgan fingerprint density at radius 1 is 1.41 bits per heavy atom. The number of hydrogen-bond donors (Lipinski definition) is 0. The molecule has 17 heavy (non-hydrogen) atoms. The van der Waals surface area contributed by atoms with E-state index in [-0.39, 0.29) is 11.2 Å². The summed E-state index contributed by atoms with van der Waals surface area (Å²) in [7, 11) is 0. The van der Waals surface area contributed by atoms with Gasteiger partial charge in [0, 0.05) is 12.0 Å². The average Bonchev–Trinajstić information content (AvgIpc) is 2.41. The van der Waals surface area contributed by atoms with Gasteiger partial charge in [-0.25, -0.2) is 0 Å². The van der Waals surface area contributed by atoms with Gasteiger partial charge in [-0.05, 0) is 23.8 Å². The molecule has 0 radical (unpaired) electrons. The summed E-state index contributed by atoms with van der Waals surface area (Å²) in [5.41, 5.74) is 0.818. The van der Waals surface area contributed by atoms with Gasteiger partial charge in [-0.1, -0.05) is 50.9 Å². The number of carbonyl (C=O) groups is 1. The van der Waals surface area contributed by atoms with E-state index in [1.165, 1.54) is 11.3 Å². The van der Waals surface area contributed by atoms with Gasteiger partial charge in [-0.15, -0.1) is 11.3 Å². The van der Waals surface area contributed by atoms with Crippen LogP contribution < -0.4 is 0 Å². The summed E-state index contributed by atoms with van der Waals surface area (Å²) in [4.78, 5) is 12.0. The van der Waals surface area contributed by atoms with E-state index in [1.54, 1.807) is 6.07 Å². The monoisotopic (exact) mass is 292 g/mol. The van der Waals surface area contributed by atoms with Crippen LogP contribution in [0, 0.1) is 11.3 Å². The molecule has 1 aromatic rings. The number of Topliss-reactive ketones (excluding diaryl/α,β-unsaturated/α-hetero) is 1. The van der Waals surface area contributed by atoms with Crippen LogP contribution in [0.4, 0.5) is 0 Å². The average molecular weight is 293 g/mol. The molecule has 96 valence electrons. The molecule has 0 fully saturated rings. The van der Waals surface area contributed by atoms with Crippen LogP contribution in [0.3, 0.4) is 0 Å². The zero-order valence-electron chi connectivity index (χ0n) is 10.6. The fourth-order valence-corrected chi connectivity index (χ4v) is 3.57. The lowest BCUT2D eigenvalue weighted by molar-refractivity contribution is 0.0955. The number of carbonyl (C=O) groups excluding carboxylic acids is 1. The molecule has 0 bridgehead atoms. The van der Waals surface area contributed by atoms with Gasteiger partial charge in [0.1, 0.15) is 4.34 Å². The summed E-state index contributed by atoms with van der Waals surface area (Å²) in [6.07, 6.45) is 1.55. The van der Waals surface area contributed by atoms with E-state index in [4.69, 9.17) is 23.2 Å². The van der Waals surface area contributed by atoms with Crippen molar-refractivity contribution >= 4 is 40.3 Å². The first-order valence-electron chi connectivity index (χ1n) is 5.67. The van der Waals surface area contributed by atoms with E-state index in [1.807, 2.05) is 0 Å². The maximum absolute atomic E-state index is 12.0.